The number of nitrogens with zero attached hydrogens (tertiary/aromatic N) is 3. The predicted molar refractivity (Wildman–Crippen MR) is 97.6 cm³/mol. The number of benzene rings is 1. The highest BCUT2D eigenvalue weighted by molar-refractivity contribution is 6.31. The van der Waals surface area contributed by atoms with Gasteiger partial charge in [0.25, 0.3) is 0 Å². The number of rotatable bonds is 7. The molecule has 26 heavy (non-hydrogen) atoms. The smallest absolute Gasteiger partial charge is 0.162 e. The highest BCUT2D eigenvalue weighted by atomic mass is 35.5. The van der Waals surface area contributed by atoms with Crippen molar-refractivity contribution in [1.29, 1.82) is 0 Å². The molecule has 2 heterocycles. The Labute approximate surface area is 157 Å². The van der Waals surface area contributed by atoms with Gasteiger partial charge in [0.05, 0.1) is 38.3 Å². The Morgan fingerprint density at radius 2 is 2.08 bits per heavy atom. The summed E-state index contributed by atoms with van der Waals surface area (Å²) in [6.07, 6.45) is -0.939. The number of fused-ring (bicyclic) bond motifs is 1. The van der Waals surface area contributed by atoms with Crippen molar-refractivity contribution in [2.45, 2.75) is 32.7 Å². The molecule has 0 aliphatic carbocycles. The van der Waals surface area contributed by atoms with Gasteiger partial charge in [-0.1, -0.05) is 11.6 Å². The first-order chi connectivity index (χ1) is 12.5. The van der Waals surface area contributed by atoms with Crippen LogP contribution in [0, 0.1) is 0 Å². The van der Waals surface area contributed by atoms with Gasteiger partial charge in [-0.3, -0.25) is 9.58 Å². The van der Waals surface area contributed by atoms with E-state index in [9.17, 15) is 5.11 Å². The number of halogens is 1. The second kappa shape index (κ2) is 8.26. The summed E-state index contributed by atoms with van der Waals surface area (Å²) in [6.45, 7) is 5.05. The van der Waals surface area contributed by atoms with Gasteiger partial charge in [0, 0.05) is 30.7 Å². The fourth-order valence-corrected chi connectivity index (χ4v) is 3.31. The molecule has 7 nitrogen and oxygen atoms in total. The van der Waals surface area contributed by atoms with Crippen LogP contribution in [0.5, 0.6) is 11.5 Å². The zero-order valence-corrected chi connectivity index (χ0v) is 15.7. The lowest BCUT2D eigenvalue weighted by atomic mass is 10.1. The van der Waals surface area contributed by atoms with Crippen LogP contribution in [0.3, 0.4) is 0 Å². The predicted octanol–water partition coefficient (Wildman–Crippen LogP) is 1.99. The molecule has 142 valence electrons. The molecule has 2 aromatic rings. The van der Waals surface area contributed by atoms with E-state index in [4.69, 9.17) is 26.2 Å². The normalized spacial score (nSPS) is 15.6. The van der Waals surface area contributed by atoms with E-state index in [2.05, 4.69) is 10.00 Å². The molecule has 0 saturated carbocycles. The van der Waals surface area contributed by atoms with E-state index in [0.717, 1.165) is 24.3 Å². The summed E-state index contributed by atoms with van der Waals surface area (Å²) in [7, 11) is 1.60. The lowest BCUT2D eigenvalue weighted by molar-refractivity contribution is 0.0915. The molecule has 1 aromatic carbocycles. The molecule has 1 atom stereocenters. The molecule has 0 saturated heterocycles. The molecule has 8 heteroatoms. The zero-order valence-electron chi connectivity index (χ0n) is 15.0. The van der Waals surface area contributed by atoms with Crippen LogP contribution in [0.25, 0.3) is 0 Å². The fraction of sp³-hybridized carbons (Fsp3) is 0.500. The Kier molecular flexibility index (Phi) is 6.03. The van der Waals surface area contributed by atoms with Crippen LogP contribution in [0.1, 0.15) is 30.0 Å². The van der Waals surface area contributed by atoms with Gasteiger partial charge in [-0.25, -0.2) is 0 Å². The maximum absolute atomic E-state index is 9.76. The summed E-state index contributed by atoms with van der Waals surface area (Å²) < 4.78 is 12.9. The second-order valence-corrected chi connectivity index (χ2v) is 6.63. The fourth-order valence-electron chi connectivity index (χ4n) is 3.10. The molecule has 0 spiro atoms. The standard InChI is InChI=1S/C18H24ClN3O4/c1-3-26-18-6-12(14(19)8-17(18)25-2)9-21-4-5-22-13(10-21)7-15(20-22)16(24)11-23/h6-8,16,23-24H,3-5,9-11H2,1-2H3/t16-/m0/s1. The van der Waals surface area contributed by atoms with Crippen LogP contribution in [0.2, 0.25) is 5.02 Å². The minimum atomic E-state index is -0.939. The lowest BCUT2D eigenvalue weighted by Crippen LogP contribution is -2.33. The second-order valence-electron chi connectivity index (χ2n) is 6.22. The van der Waals surface area contributed by atoms with E-state index in [-0.39, 0.29) is 6.61 Å². The third-order valence-corrected chi connectivity index (χ3v) is 4.79. The molecular weight excluding hydrogens is 358 g/mol. The van der Waals surface area contributed by atoms with Crippen LogP contribution in [-0.4, -0.2) is 51.8 Å². The first-order valence-corrected chi connectivity index (χ1v) is 9.00. The van der Waals surface area contributed by atoms with E-state index in [0.29, 0.717) is 41.9 Å². The van der Waals surface area contributed by atoms with Crippen molar-refractivity contribution in [2.24, 2.45) is 0 Å². The zero-order chi connectivity index (χ0) is 18.7. The summed E-state index contributed by atoms with van der Waals surface area (Å²) in [6, 6.07) is 5.55. The quantitative estimate of drug-likeness (QED) is 0.763. The van der Waals surface area contributed by atoms with E-state index in [1.165, 1.54) is 0 Å². The van der Waals surface area contributed by atoms with E-state index in [1.807, 2.05) is 23.7 Å². The Morgan fingerprint density at radius 1 is 1.27 bits per heavy atom. The average Bonchev–Trinajstić information content (AvgIpc) is 3.07. The number of hydrogen-bond donors (Lipinski definition) is 2. The van der Waals surface area contributed by atoms with E-state index in [1.54, 1.807) is 13.2 Å². The Morgan fingerprint density at radius 3 is 2.77 bits per heavy atom. The molecule has 1 aliphatic rings. The molecule has 0 fully saturated rings. The monoisotopic (exact) mass is 381 g/mol. The van der Waals surface area contributed by atoms with Gasteiger partial charge in [-0.05, 0) is 24.6 Å². The molecule has 0 bridgehead atoms. The Bertz CT molecular complexity index is 765. The number of hydrogen-bond acceptors (Lipinski definition) is 6. The van der Waals surface area contributed by atoms with Gasteiger partial charge in [0.2, 0.25) is 0 Å². The van der Waals surface area contributed by atoms with Crippen LogP contribution in [-0.2, 0) is 19.6 Å². The summed E-state index contributed by atoms with van der Waals surface area (Å²) in [5.41, 5.74) is 2.48. The van der Waals surface area contributed by atoms with Gasteiger partial charge in [0.1, 0.15) is 6.10 Å². The van der Waals surface area contributed by atoms with Crippen LogP contribution in [0.4, 0.5) is 0 Å². The van der Waals surface area contributed by atoms with Crippen molar-refractivity contribution in [2.75, 3.05) is 26.9 Å². The van der Waals surface area contributed by atoms with Gasteiger partial charge in [-0.15, -0.1) is 0 Å². The third-order valence-electron chi connectivity index (χ3n) is 4.44. The number of ether oxygens (including phenoxy) is 2. The van der Waals surface area contributed by atoms with Crippen molar-refractivity contribution < 1.29 is 19.7 Å². The van der Waals surface area contributed by atoms with Gasteiger partial charge >= 0.3 is 0 Å². The number of aromatic nitrogens is 2. The molecule has 3 rings (SSSR count). The maximum Gasteiger partial charge on any atom is 0.162 e. The number of methoxy groups -OCH3 is 1. The van der Waals surface area contributed by atoms with Crippen molar-refractivity contribution in [3.8, 4) is 11.5 Å². The average molecular weight is 382 g/mol. The molecule has 0 radical (unpaired) electrons. The maximum atomic E-state index is 9.76. The van der Waals surface area contributed by atoms with Crippen molar-refractivity contribution in [3.05, 3.63) is 40.2 Å². The molecule has 0 unspecified atom stereocenters. The summed E-state index contributed by atoms with van der Waals surface area (Å²) >= 11 is 6.42. The highest BCUT2D eigenvalue weighted by Gasteiger charge is 2.22. The van der Waals surface area contributed by atoms with Crippen LogP contribution >= 0.6 is 11.6 Å². The third kappa shape index (κ3) is 3.96. The molecule has 0 amide bonds. The van der Waals surface area contributed by atoms with Gasteiger partial charge in [-0.2, -0.15) is 5.10 Å². The summed E-state index contributed by atoms with van der Waals surface area (Å²) in [5, 5.41) is 23.9. The minimum Gasteiger partial charge on any atom is -0.493 e. The summed E-state index contributed by atoms with van der Waals surface area (Å²) in [5.74, 6) is 1.31. The first kappa shape index (κ1) is 19.0. The van der Waals surface area contributed by atoms with Crippen LogP contribution < -0.4 is 9.47 Å². The topological polar surface area (TPSA) is 80.0 Å². The van der Waals surface area contributed by atoms with Gasteiger partial charge in [0.15, 0.2) is 11.5 Å². The molecule has 1 aromatic heterocycles. The van der Waals surface area contributed by atoms with E-state index < -0.39 is 6.10 Å². The van der Waals surface area contributed by atoms with E-state index >= 15 is 0 Å². The Hall–Kier alpha value is -1.80. The molecule has 2 N–H and O–H groups in total. The van der Waals surface area contributed by atoms with Crippen LogP contribution in [0.15, 0.2) is 18.2 Å². The minimum absolute atomic E-state index is 0.332. The van der Waals surface area contributed by atoms with Crippen molar-refractivity contribution in [1.82, 2.24) is 14.7 Å². The van der Waals surface area contributed by atoms with Crippen molar-refractivity contribution in [3.63, 3.8) is 0 Å². The number of aliphatic hydroxyl groups is 2. The highest BCUT2D eigenvalue weighted by Crippen LogP contribution is 2.34. The largest absolute Gasteiger partial charge is 0.493 e. The molecular formula is C18H24ClN3O4. The van der Waals surface area contributed by atoms with Gasteiger partial charge < -0.3 is 19.7 Å². The van der Waals surface area contributed by atoms with Crippen molar-refractivity contribution >= 4 is 11.6 Å². The number of aliphatic hydroxyl groups excluding tert-OH is 2. The SMILES string of the molecule is CCOc1cc(CN2CCn3nc([C@@H](O)CO)cc3C2)c(Cl)cc1OC. The lowest BCUT2D eigenvalue weighted by Gasteiger charge is -2.28. The Balaban J connectivity index is 1.76. The first-order valence-electron chi connectivity index (χ1n) is 8.62. The molecule has 1 aliphatic heterocycles. The summed E-state index contributed by atoms with van der Waals surface area (Å²) in [4.78, 5) is 2.26.